The molecule has 1 unspecified atom stereocenters. The number of benzene rings is 1. The lowest BCUT2D eigenvalue weighted by Gasteiger charge is -2.13. The monoisotopic (exact) mass is 326 g/mol. The van der Waals surface area contributed by atoms with E-state index in [2.05, 4.69) is 6.92 Å². The van der Waals surface area contributed by atoms with Crippen LogP contribution in [0.4, 0.5) is 0 Å². The third-order valence-electron chi connectivity index (χ3n) is 3.81. The predicted octanol–water partition coefficient (Wildman–Crippen LogP) is 5.23. The molecule has 0 aliphatic heterocycles. The Morgan fingerprint density at radius 2 is 1.50 bits per heavy atom. The molecule has 0 aliphatic carbocycles. The standard InChI is InChI=1S/C18H30O3S/c1-4-5-6-7-8-9-10-11-17(3)21-22(19,20)18-14-12-16(2)13-15-18/h12-15,17H,4-11H2,1-3H3. The Hall–Kier alpha value is -0.870. The van der Waals surface area contributed by atoms with Gasteiger partial charge in [0.05, 0.1) is 11.0 Å². The molecule has 0 saturated heterocycles. The summed E-state index contributed by atoms with van der Waals surface area (Å²) in [5, 5.41) is 0. The Labute approximate surface area is 136 Å². The molecular formula is C18H30O3S. The third-order valence-corrected chi connectivity index (χ3v) is 5.25. The van der Waals surface area contributed by atoms with Gasteiger partial charge in [-0.05, 0) is 32.4 Å². The molecule has 0 bridgehead atoms. The minimum absolute atomic E-state index is 0.240. The number of hydrogen-bond donors (Lipinski definition) is 0. The fourth-order valence-electron chi connectivity index (χ4n) is 2.41. The molecule has 126 valence electrons. The first-order valence-corrected chi connectivity index (χ1v) is 9.86. The molecular weight excluding hydrogens is 296 g/mol. The first-order chi connectivity index (χ1) is 10.5. The Morgan fingerprint density at radius 3 is 2.09 bits per heavy atom. The average molecular weight is 327 g/mol. The van der Waals surface area contributed by atoms with Crippen LogP contribution in [0.3, 0.4) is 0 Å². The van der Waals surface area contributed by atoms with Crippen LogP contribution in [-0.2, 0) is 14.3 Å². The van der Waals surface area contributed by atoms with Crippen molar-refractivity contribution in [3.63, 3.8) is 0 Å². The highest BCUT2D eigenvalue weighted by atomic mass is 32.2. The molecule has 3 nitrogen and oxygen atoms in total. The van der Waals surface area contributed by atoms with Gasteiger partial charge in [0.25, 0.3) is 10.1 Å². The van der Waals surface area contributed by atoms with Crippen molar-refractivity contribution in [2.75, 3.05) is 0 Å². The summed E-state index contributed by atoms with van der Waals surface area (Å²) in [5.74, 6) is 0. The summed E-state index contributed by atoms with van der Waals surface area (Å²) in [6, 6.07) is 6.78. The van der Waals surface area contributed by atoms with Crippen molar-refractivity contribution in [3.8, 4) is 0 Å². The van der Waals surface area contributed by atoms with Crippen molar-refractivity contribution >= 4 is 10.1 Å². The van der Waals surface area contributed by atoms with Gasteiger partial charge in [0.1, 0.15) is 0 Å². The Kier molecular flexibility index (Phi) is 8.72. The molecule has 0 amide bonds. The quantitative estimate of drug-likeness (QED) is 0.413. The number of rotatable bonds is 11. The number of hydrogen-bond acceptors (Lipinski definition) is 3. The lowest BCUT2D eigenvalue weighted by molar-refractivity contribution is 0.213. The maximum atomic E-state index is 12.1. The Balaban J connectivity index is 2.29. The normalized spacial score (nSPS) is 13.2. The summed E-state index contributed by atoms with van der Waals surface area (Å²) < 4.78 is 29.6. The van der Waals surface area contributed by atoms with Crippen molar-refractivity contribution in [3.05, 3.63) is 29.8 Å². The molecule has 1 atom stereocenters. The van der Waals surface area contributed by atoms with E-state index in [9.17, 15) is 8.42 Å². The van der Waals surface area contributed by atoms with Crippen LogP contribution in [0, 0.1) is 6.92 Å². The van der Waals surface area contributed by atoms with Crippen molar-refractivity contribution in [1.82, 2.24) is 0 Å². The van der Waals surface area contributed by atoms with Gasteiger partial charge >= 0.3 is 0 Å². The molecule has 0 fully saturated rings. The van der Waals surface area contributed by atoms with Gasteiger partial charge in [-0.2, -0.15) is 8.42 Å². The highest BCUT2D eigenvalue weighted by Crippen LogP contribution is 2.18. The molecule has 1 aromatic rings. The smallest absolute Gasteiger partial charge is 0.263 e. The summed E-state index contributed by atoms with van der Waals surface area (Å²) in [4.78, 5) is 0.240. The molecule has 0 N–H and O–H groups in total. The van der Waals surface area contributed by atoms with E-state index in [-0.39, 0.29) is 11.0 Å². The van der Waals surface area contributed by atoms with Crippen LogP contribution in [0.1, 0.15) is 70.8 Å². The zero-order valence-electron chi connectivity index (χ0n) is 14.2. The molecule has 0 saturated carbocycles. The molecule has 0 aliphatic rings. The lowest BCUT2D eigenvalue weighted by Crippen LogP contribution is -2.15. The van der Waals surface area contributed by atoms with Crippen molar-refractivity contribution in [2.45, 2.75) is 83.1 Å². The minimum atomic E-state index is -3.63. The van der Waals surface area contributed by atoms with Crippen LogP contribution in [-0.4, -0.2) is 14.5 Å². The molecule has 0 aromatic heterocycles. The first-order valence-electron chi connectivity index (χ1n) is 8.45. The SMILES string of the molecule is CCCCCCCCCC(C)OS(=O)(=O)c1ccc(C)cc1. The van der Waals surface area contributed by atoms with Gasteiger partial charge in [-0.15, -0.1) is 0 Å². The van der Waals surface area contributed by atoms with Crippen LogP contribution >= 0.6 is 0 Å². The maximum absolute atomic E-state index is 12.1. The van der Waals surface area contributed by atoms with Crippen molar-refractivity contribution in [2.24, 2.45) is 0 Å². The first kappa shape index (κ1) is 19.2. The Morgan fingerprint density at radius 1 is 0.955 bits per heavy atom. The van der Waals surface area contributed by atoms with Crippen LogP contribution in [0.2, 0.25) is 0 Å². The van der Waals surface area contributed by atoms with E-state index in [1.165, 1.54) is 32.1 Å². The van der Waals surface area contributed by atoms with Crippen molar-refractivity contribution < 1.29 is 12.6 Å². The third kappa shape index (κ3) is 7.41. The summed E-state index contributed by atoms with van der Waals surface area (Å²) in [5.41, 5.74) is 1.04. The summed E-state index contributed by atoms with van der Waals surface area (Å²) in [6.07, 6.45) is 9.11. The van der Waals surface area contributed by atoms with Gasteiger partial charge in [0.15, 0.2) is 0 Å². The highest BCUT2D eigenvalue weighted by molar-refractivity contribution is 7.86. The highest BCUT2D eigenvalue weighted by Gasteiger charge is 2.18. The summed E-state index contributed by atoms with van der Waals surface area (Å²) in [7, 11) is -3.63. The van der Waals surface area contributed by atoms with Gasteiger partial charge in [-0.25, -0.2) is 0 Å². The molecule has 0 heterocycles. The number of aryl methyl sites for hydroxylation is 1. The van der Waals surface area contributed by atoms with E-state index in [0.717, 1.165) is 24.8 Å². The van der Waals surface area contributed by atoms with Crippen LogP contribution < -0.4 is 0 Å². The van der Waals surface area contributed by atoms with Gasteiger partial charge in [0.2, 0.25) is 0 Å². The fraction of sp³-hybridized carbons (Fsp3) is 0.667. The second-order valence-corrected chi connectivity index (χ2v) is 7.66. The molecule has 0 radical (unpaired) electrons. The zero-order chi connectivity index (χ0) is 16.4. The van der Waals surface area contributed by atoms with Crippen LogP contribution in [0.15, 0.2) is 29.2 Å². The van der Waals surface area contributed by atoms with E-state index < -0.39 is 10.1 Å². The van der Waals surface area contributed by atoms with E-state index >= 15 is 0 Å². The largest absolute Gasteiger partial charge is 0.297 e. The minimum Gasteiger partial charge on any atom is -0.263 e. The van der Waals surface area contributed by atoms with E-state index in [1.807, 2.05) is 13.8 Å². The van der Waals surface area contributed by atoms with Gasteiger partial charge < -0.3 is 0 Å². The zero-order valence-corrected chi connectivity index (χ0v) is 15.0. The van der Waals surface area contributed by atoms with E-state index in [0.29, 0.717) is 0 Å². The topological polar surface area (TPSA) is 43.4 Å². The van der Waals surface area contributed by atoms with E-state index in [4.69, 9.17) is 4.18 Å². The van der Waals surface area contributed by atoms with Crippen molar-refractivity contribution in [1.29, 1.82) is 0 Å². The van der Waals surface area contributed by atoms with Gasteiger partial charge in [-0.3, -0.25) is 4.18 Å². The summed E-state index contributed by atoms with van der Waals surface area (Å²) in [6.45, 7) is 5.98. The number of unbranched alkanes of at least 4 members (excludes halogenated alkanes) is 6. The Bertz CT molecular complexity index is 506. The predicted molar refractivity (Wildman–Crippen MR) is 91.5 cm³/mol. The second-order valence-electron chi connectivity index (χ2n) is 6.08. The maximum Gasteiger partial charge on any atom is 0.297 e. The van der Waals surface area contributed by atoms with Gasteiger partial charge in [0, 0.05) is 0 Å². The molecule has 4 heteroatoms. The molecule has 0 spiro atoms. The lowest BCUT2D eigenvalue weighted by atomic mass is 10.1. The molecule has 22 heavy (non-hydrogen) atoms. The van der Waals surface area contributed by atoms with Gasteiger partial charge in [-0.1, -0.05) is 69.6 Å². The second kappa shape index (κ2) is 10.0. The fourth-order valence-corrected chi connectivity index (χ4v) is 3.52. The molecule has 1 rings (SSSR count). The molecule has 1 aromatic carbocycles. The summed E-state index contributed by atoms with van der Waals surface area (Å²) >= 11 is 0. The van der Waals surface area contributed by atoms with Crippen LogP contribution in [0.25, 0.3) is 0 Å². The average Bonchev–Trinajstić information content (AvgIpc) is 2.46. The van der Waals surface area contributed by atoms with E-state index in [1.54, 1.807) is 24.3 Å². The van der Waals surface area contributed by atoms with Crippen LogP contribution in [0.5, 0.6) is 0 Å².